The highest BCUT2D eigenvalue weighted by Crippen LogP contribution is 2.44. The lowest BCUT2D eigenvalue weighted by Crippen LogP contribution is -2.36. The Morgan fingerprint density at radius 3 is 2.18 bits per heavy atom. The Kier molecular flexibility index (Phi) is 2.90. The van der Waals surface area contributed by atoms with Gasteiger partial charge in [0.2, 0.25) is 0 Å². The SMILES string of the molecule is CC1(C)CB(c2ccc(C=O)cc2)OC1(C)C. The molecule has 1 aliphatic rings. The van der Waals surface area contributed by atoms with Crippen LogP contribution < -0.4 is 5.46 Å². The molecule has 1 saturated heterocycles. The number of rotatable bonds is 2. The van der Waals surface area contributed by atoms with E-state index in [0.717, 1.165) is 18.1 Å². The minimum atomic E-state index is -0.110. The van der Waals surface area contributed by atoms with Gasteiger partial charge in [0.15, 0.2) is 0 Å². The molecule has 0 radical (unpaired) electrons. The van der Waals surface area contributed by atoms with E-state index in [2.05, 4.69) is 27.7 Å². The number of carbonyl (C=O) groups is 1. The summed E-state index contributed by atoms with van der Waals surface area (Å²) in [6.07, 6.45) is 1.88. The molecule has 0 spiro atoms. The second kappa shape index (κ2) is 3.99. The molecule has 3 heteroatoms. The van der Waals surface area contributed by atoms with Gasteiger partial charge in [0.25, 0.3) is 0 Å². The number of carbonyl (C=O) groups excluding carboxylic acids is 1. The predicted octanol–water partition coefficient (Wildman–Crippen LogP) is 2.53. The molecule has 1 aromatic carbocycles. The third-order valence-electron chi connectivity index (χ3n) is 4.21. The largest absolute Gasteiger partial charge is 0.426 e. The van der Waals surface area contributed by atoms with Crippen LogP contribution >= 0.6 is 0 Å². The summed E-state index contributed by atoms with van der Waals surface area (Å²) in [4.78, 5) is 10.6. The van der Waals surface area contributed by atoms with Crippen molar-refractivity contribution in [2.24, 2.45) is 5.41 Å². The normalized spacial score (nSPS) is 21.5. The second-order valence-corrected chi connectivity index (χ2v) is 5.99. The molecule has 17 heavy (non-hydrogen) atoms. The molecule has 0 bridgehead atoms. The van der Waals surface area contributed by atoms with E-state index in [9.17, 15) is 4.79 Å². The first-order chi connectivity index (χ1) is 7.86. The van der Waals surface area contributed by atoms with Crippen LogP contribution in [0.4, 0.5) is 0 Å². The van der Waals surface area contributed by atoms with Crippen LogP contribution in [-0.2, 0) is 4.65 Å². The van der Waals surface area contributed by atoms with Crippen LogP contribution in [0.15, 0.2) is 24.3 Å². The van der Waals surface area contributed by atoms with E-state index >= 15 is 0 Å². The Morgan fingerprint density at radius 2 is 1.76 bits per heavy atom. The zero-order valence-corrected chi connectivity index (χ0v) is 11.0. The molecular weight excluding hydrogens is 211 g/mol. The zero-order chi connectivity index (χ0) is 12.7. The molecule has 1 aliphatic heterocycles. The molecule has 90 valence electrons. The smallest absolute Gasteiger partial charge is 0.327 e. The molecule has 0 N–H and O–H groups in total. The summed E-state index contributed by atoms with van der Waals surface area (Å²) in [5, 5.41) is 0. The van der Waals surface area contributed by atoms with E-state index in [0.29, 0.717) is 5.56 Å². The van der Waals surface area contributed by atoms with E-state index in [1.165, 1.54) is 0 Å². The minimum Gasteiger partial charge on any atom is -0.426 e. The van der Waals surface area contributed by atoms with Crippen molar-refractivity contribution in [3.05, 3.63) is 29.8 Å². The zero-order valence-electron chi connectivity index (χ0n) is 11.0. The van der Waals surface area contributed by atoms with Crippen molar-refractivity contribution in [1.29, 1.82) is 0 Å². The van der Waals surface area contributed by atoms with Crippen molar-refractivity contribution >= 4 is 18.7 Å². The minimum absolute atomic E-state index is 0.110. The summed E-state index contributed by atoms with van der Waals surface area (Å²) in [7, 11) is 0. The van der Waals surface area contributed by atoms with E-state index in [4.69, 9.17) is 4.65 Å². The Bertz CT molecular complexity index is 404. The molecule has 1 heterocycles. The highest BCUT2D eigenvalue weighted by atomic mass is 16.5. The molecule has 2 rings (SSSR count). The van der Waals surface area contributed by atoms with Gasteiger partial charge in [-0.15, -0.1) is 0 Å². The van der Waals surface area contributed by atoms with Gasteiger partial charge < -0.3 is 4.65 Å². The van der Waals surface area contributed by atoms with Crippen LogP contribution in [0.3, 0.4) is 0 Å². The molecule has 1 aromatic rings. The van der Waals surface area contributed by atoms with Gasteiger partial charge in [-0.05, 0) is 31.0 Å². The quantitative estimate of drug-likeness (QED) is 0.576. The van der Waals surface area contributed by atoms with Gasteiger partial charge in [-0.2, -0.15) is 0 Å². The number of hydrogen-bond donors (Lipinski definition) is 0. The first-order valence-corrected chi connectivity index (χ1v) is 6.09. The monoisotopic (exact) mass is 230 g/mol. The predicted molar refractivity (Wildman–Crippen MR) is 71.0 cm³/mol. The summed E-state index contributed by atoms with van der Waals surface area (Å²) in [5.41, 5.74) is 1.93. The van der Waals surface area contributed by atoms with Gasteiger partial charge in [0, 0.05) is 5.56 Å². The Labute approximate surface area is 103 Å². The standard InChI is InChI=1S/C14H19BO2/c1-13(2)10-15(17-14(13,3)4)12-7-5-11(9-16)6-8-12/h5-9H,10H2,1-4H3. The highest BCUT2D eigenvalue weighted by molar-refractivity contribution is 6.68. The van der Waals surface area contributed by atoms with Crippen molar-refractivity contribution in [2.45, 2.75) is 39.6 Å². The molecule has 0 amide bonds. The van der Waals surface area contributed by atoms with Crippen LogP contribution in [-0.4, -0.2) is 18.8 Å². The van der Waals surface area contributed by atoms with E-state index < -0.39 is 0 Å². The van der Waals surface area contributed by atoms with Gasteiger partial charge in [-0.1, -0.05) is 38.1 Å². The Balaban J connectivity index is 2.22. The topological polar surface area (TPSA) is 26.3 Å². The molecule has 0 aliphatic carbocycles. The summed E-state index contributed by atoms with van der Waals surface area (Å²) in [5.74, 6) is 0. The molecular formula is C14H19BO2. The van der Waals surface area contributed by atoms with Crippen LogP contribution in [0.25, 0.3) is 0 Å². The fourth-order valence-corrected chi connectivity index (χ4v) is 2.24. The average molecular weight is 230 g/mol. The molecule has 0 unspecified atom stereocenters. The van der Waals surface area contributed by atoms with E-state index in [-0.39, 0.29) is 17.9 Å². The maximum absolute atomic E-state index is 10.6. The van der Waals surface area contributed by atoms with Crippen LogP contribution in [0.5, 0.6) is 0 Å². The van der Waals surface area contributed by atoms with Gasteiger partial charge in [0.05, 0.1) is 5.60 Å². The summed E-state index contributed by atoms with van der Waals surface area (Å²) >= 11 is 0. The Morgan fingerprint density at radius 1 is 1.18 bits per heavy atom. The van der Waals surface area contributed by atoms with Gasteiger partial charge in [-0.25, -0.2) is 0 Å². The second-order valence-electron chi connectivity index (χ2n) is 5.99. The average Bonchev–Trinajstić information content (AvgIpc) is 2.48. The fourth-order valence-electron chi connectivity index (χ4n) is 2.24. The van der Waals surface area contributed by atoms with Crippen molar-refractivity contribution in [1.82, 2.24) is 0 Å². The van der Waals surface area contributed by atoms with Crippen LogP contribution in [0.1, 0.15) is 38.1 Å². The summed E-state index contributed by atoms with van der Waals surface area (Å²) in [6, 6.07) is 7.69. The molecule has 0 aromatic heterocycles. The summed E-state index contributed by atoms with van der Waals surface area (Å²) < 4.78 is 6.14. The van der Waals surface area contributed by atoms with Crippen molar-refractivity contribution in [2.75, 3.05) is 0 Å². The third-order valence-corrected chi connectivity index (χ3v) is 4.21. The summed E-state index contributed by atoms with van der Waals surface area (Å²) in [6.45, 7) is 8.92. The van der Waals surface area contributed by atoms with Gasteiger partial charge in [0.1, 0.15) is 6.29 Å². The van der Waals surface area contributed by atoms with Crippen LogP contribution in [0.2, 0.25) is 6.32 Å². The number of aldehydes is 1. The molecule has 0 saturated carbocycles. The lowest BCUT2D eigenvalue weighted by molar-refractivity contribution is 0.0375. The van der Waals surface area contributed by atoms with Crippen molar-refractivity contribution < 1.29 is 9.45 Å². The van der Waals surface area contributed by atoms with Gasteiger partial charge in [-0.3, -0.25) is 4.79 Å². The fraction of sp³-hybridized carbons (Fsp3) is 0.500. The van der Waals surface area contributed by atoms with Crippen LogP contribution in [0, 0.1) is 5.41 Å². The maximum atomic E-state index is 10.6. The molecule has 1 fully saturated rings. The maximum Gasteiger partial charge on any atom is 0.327 e. The third kappa shape index (κ3) is 2.16. The molecule has 2 nitrogen and oxygen atoms in total. The Hall–Kier alpha value is -1.09. The van der Waals surface area contributed by atoms with Crippen molar-refractivity contribution in [3.8, 4) is 0 Å². The van der Waals surface area contributed by atoms with E-state index in [1.807, 2.05) is 24.3 Å². The lowest BCUT2D eigenvalue weighted by Gasteiger charge is -2.34. The van der Waals surface area contributed by atoms with Crippen molar-refractivity contribution in [3.63, 3.8) is 0 Å². The highest BCUT2D eigenvalue weighted by Gasteiger charge is 2.49. The first-order valence-electron chi connectivity index (χ1n) is 6.09. The lowest BCUT2D eigenvalue weighted by atomic mass is 9.54. The first kappa shape index (κ1) is 12.4. The molecule has 0 atom stereocenters. The van der Waals surface area contributed by atoms with E-state index in [1.54, 1.807) is 0 Å². The number of hydrogen-bond acceptors (Lipinski definition) is 2. The number of benzene rings is 1. The van der Waals surface area contributed by atoms with Gasteiger partial charge >= 0.3 is 6.92 Å².